The van der Waals surface area contributed by atoms with Crippen LogP contribution in [-0.2, 0) is 4.74 Å². The summed E-state index contributed by atoms with van der Waals surface area (Å²) < 4.78 is 39.7. The molecule has 0 atom stereocenters. The second-order valence-electron chi connectivity index (χ2n) is 7.67. The number of aromatic hydroxyl groups is 1. The molecule has 1 aromatic heterocycles. The Balaban J connectivity index is 1.93. The molecular weight excluding hydrogens is 458 g/mol. The Morgan fingerprint density at radius 1 is 1.06 bits per heavy atom. The zero-order valence-corrected chi connectivity index (χ0v) is 19.0. The van der Waals surface area contributed by atoms with Crippen LogP contribution in [0.5, 0.6) is 11.5 Å². The van der Waals surface area contributed by atoms with Gasteiger partial charge in [0, 0.05) is 54.8 Å². The quantitative estimate of drug-likeness (QED) is 0.391. The van der Waals surface area contributed by atoms with Gasteiger partial charge in [0.2, 0.25) is 5.43 Å². The molecule has 0 bridgehead atoms. The lowest BCUT2D eigenvalue weighted by Gasteiger charge is -2.22. The van der Waals surface area contributed by atoms with Gasteiger partial charge in [-0.2, -0.15) is 0 Å². The Hall–Kier alpha value is -4.24. The number of aromatic nitrogens is 1. The van der Waals surface area contributed by atoms with Gasteiger partial charge in [0.05, 0.1) is 5.52 Å². The van der Waals surface area contributed by atoms with Crippen LogP contribution in [0.1, 0.15) is 17.3 Å². The minimum Gasteiger partial charge on any atom is -0.508 e. The third-order valence-corrected chi connectivity index (χ3v) is 5.38. The van der Waals surface area contributed by atoms with Crippen molar-refractivity contribution in [1.82, 2.24) is 4.57 Å². The molecule has 4 rings (SSSR count). The average molecular weight is 480 g/mol. The Labute approximate surface area is 199 Å². The number of methoxy groups -OCH3 is 1. The molecule has 180 valence electrons. The van der Waals surface area contributed by atoms with Crippen LogP contribution >= 0.6 is 0 Å². The number of phenols is 1. The van der Waals surface area contributed by atoms with Gasteiger partial charge >= 0.3 is 0 Å². The van der Waals surface area contributed by atoms with Crippen LogP contribution < -0.4 is 15.1 Å². The summed E-state index contributed by atoms with van der Waals surface area (Å²) in [5.41, 5.74) is 0.119. The summed E-state index contributed by atoms with van der Waals surface area (Å²) in [5.74, 6) is -1.99. The lowest BCUT2D eigenvalue weighted by Crippen LogP contribution is -2.35. The van der Waals surface area contributed by atoms with Crippen molar-refractivity contribution in [2.24, 2.45) is 0 Å². The molecule has 0 aliphatic carbocycles. The molecule has 0 saturated carbocycles. The third kappa shape index (κ3) is 4.85. The predicted octanol–water partition coefficient (Wildman–Crippen LogP) is 4.62. The molecule has 3 aromatic carbocycles. The smallest absolute Gasteiger partial charge is 0.263 e. The first kappa shape index (κ1) is 23.9. The number of hydrogen-bond donors (Lipinski definition) is 1. The van der Waals surface area contributed by atoms with E-state index in [1.807, 2.05) is 0 Å². The van der Waals surface area contributed by atoms with Crippen LogP contribution in [0.3, 0.4) is 0 Å². The van der Waals surface area contributed by atoms with Crippen molar-refractivity contribution in [3.05, 3.63) is 94.3 Å². The number of halogens is 2. The van der Waals surface area contributed by atoms with Crippen molar-refractivity contribution >= 4 is 22.5 Å². The molecule has 35 heavy (non-hydrogen) atoms. The maximum atomic E-state index is 13.8. The zero-order valence-electron chi connectivity index (χ0n) is 19.0. The van der Waals surface area contributed by atoms with Crippen molar-refractivity contribution < 1.29 is 28.2 Å². The van der Waals surface area contributed by atoms with Gasteiger partial charge in [0.1, 0.15) is 28.7 Å². The molecule has 0 radical (unpaired) electrons. The standard InChI is InChI=1S/C26H22F2N2O5/c1-3-29(19-10-16(27)9-17(28)11-19)26(33)23-14-30(18-5-4-6-20(31)12-18)24-13-21(35-15-34-2)7-8-22(24)25(23)32/h4-14,31H,3,15H2,1-2H3. The van der Waals surface area contributed by atoms with Crippen LogP contribution in [-0.4, -0.2) is 36.0 Å². The maximum Gasteiger partial charge on any atom is 0.263 e. The molecule has 9 heteroatoms. The van der Waals surface area contributed by atoms with E-state index >= 15 is 0 Å². The normalized spacial score (nSPS) is 11.0. The number of anilines is 1. The molecule has 1 amide bonds. The Morgan fingerprint density at radius 3 is 2.46 bits per heavy atom. The molecule has 0 fully saturated rings. The third-order valence-electron chi connectivity index (χ3n) is 5.38. The monoisotopic (exact) mass is 480 g/mol. The van der Waals surface area contributed by atoms with Gasteiger partial charge < -0.3 is 24.0 Å². The SMILES string of the molecule is CCN(C(=O)c1cn(-c2cccc(O)c2)c2cc(OCOC)ccc2c1=O)c1cc(F)cc(F)c1. The highest BCUT2D eigenvalue weighted by atomic mass is 19.1. The fraction of sp³-hybridized carbons (Fsp3) is 0.154. The number of carbonyl (C=O) groups excluding carboxylic acids is 1. The second kappa shape index (κ2) is 9.94. The number of phenolic OH excluding ortho intramolecular Hbond substituents is 1. The van der Waals surface area contributed by atoms with Crippen LogP contribution in [0.15, 0.2) is 71.7 Å². The first-order valence-corrected chi connectivity index (χ1v) is 10.7. The molecule has 7 nitrogen and oxygen atoms in total. The molecular formula is C26H22F2N2O5. The highest BCUT2D eigenvalue weighted by Gasteiger charge is 2.23. The summed E-state index contributed by atoms with van der Waals surface area (Å²) >= 11 is 0. The van der Waals surface area contributed by atoms with Gasteiger partial charge in [-0.1, -0.05) is 6.07 Å². The second-order valence-corrected chi connectivity index (χ2v) is 7.67. The molecule has 0 aliphatic rings. The molecule has 1 N–H and O–H groups in total. The molecule has 0 aliphatic heterocycles. The number of nitrogens with zero attached hydrogens (tertiary/aromatic N) is 2. The lowest BCUT2D eigenvalue weighted by molar-refractivity contribution is 0.0512. The summed E-state index contributed by atoms with van der Waals surface area (Å²) in [6, 6.07) is 13.8. The van der Waals surface area contributed by atoms with Crippen LogP contribution in [0.4, 0.5) is 14.5 Å². The molecule has 4 aromatic rings. The Morgan fingerprint density at radius 2 is 1.80 bits per heavy atom. The Bertz CT molecular complexity index is 1450. The summed E-state index contributed by atoms with van der Waals surface area (Å²) in [4.78, 5) is 28.0. The van der Waals surface area contributed by atoms with E-state index in [1.54, 1.807) is 35.8 Å². The number of pyridine rings is 1. The van der Waals surface area contributed by atoms with Gasteiger partial charge in [-0.05, 0) is 43.3 Å². The molecule has 1 heterocycles. The predicted molar refractivity (Wildman–Crippen MR) is 127 cm³/mol. The van der Waals surface area contributed by atoms with E-state index in [0.29, 0.717) is 23.0 Å². The fourth-order valence-corrected chi connectivity index (χ4v) is 3.81. The van der Waals surface area contributed by atoms with E-state index in [9.17, 15) is 23.5 Å². The van der Waals surface area contributed by atoms with E-state index in [1.165, 1.54) is 31.5 Å². The summed E-state index contributed by atoms with van der Waals surface area (Å²) in [6.07, 6.45) is 1.35. The van der Waals surface area contributed by atoms with Crippen molar-refractivity contribution in [2.75, 3.05) is 25.3 Å². The van der Waals surface area contributed by atoms with Crippen LogP contribution in [0.2, 0.25) is 0 Å². The van der Waals surface area contributed by atoms with Crippen molar-refractivity contribution in [1.29, 1.82) is 0 Å². The van der Waals surface area contributed by atoms with Gasteiger partial charge in [-0.3, -0.25) is 9.59 Å². The highest BCUT2D eigenvalue weighted by Crippen LogP contribution is 2.26. The average Bonchev–Trinajstić information content (AvgIpc) is 2.82. The maximum absolute atomic E-state index is 13.8. The zero-order chi connectivity index (χ0) is 25.1. The number of hydrogen-bond acceptors (Lipinski definition) is 5. The summed E-state index contributed by atoms with van der Waals surface area (Å²) in [7, 11) is 1.48. The van der Waals surface area contributed by atoms with Gasteiger partial charge in [0.15, 0.2) is 6.79 Å². The molecule has 0 unspecified atom stereocenters. The number of benzene rings is 3. The number of fused-ring (bicyclic) bond motifs is 1. The fourth-order valence-electron chi connectivity index (χ4n) is 3.81. The molecule has 0 saturated heterocycles. The van der Waals surface area contributed by atoms with Gasteiger partial charge in [0.25, 0.3) is 5.91 Å². The Kier molecular flexibility index (Phi) is 6.79. The van der Waals surface area contributed by atoms with E-state index in [4.69, 9.17) is 9.47 Å². The van der Waals surface area contributed by atoms with E-state index in [0.717, 1.165) is 17.0 Å². The van der Waals surface area contributed by atoms with Crippen molar-refractivity contribution in [3.63, 3.8) is 0 Å². The largest absolute Gasteiger partial charge is 0.508 e. The van der Waals surface area contributed by atoms with E-state index in [-0.39, 0.29) is 35.7 Å². The number of ether oxygens (including phenoxy) is 2. The highest BCUT2D eigenvalue weighted by molar-refractivity contribution is 6.07. The van der Waals surface area contributed by atoms with Crippen molar-refractivity contribution in [3.8, 4) is 17.2 Å². The van der Waals surface area contributed by atoms with Crippen LogP contribution in [0, 0.1) is 11.6 Å². The van der Waals surface area contributed by atoms with E-state index in [2.05, 4.69) is 0 Å². The summed E-state index contributed by atoms with van der Waals surface area (Å²) in [6.45, 7) is 1.69. The molecule has 0 spiro atoms. The number of amides is 1. The van der Waals surface area contributed by atoms with Crippen LogP contribution in [0.25, 0.3) is 16.6 Å². The topological polar surface area (TPSA) is 81.0 Å². The first-order chi connectivity index (χ1) is 16.8. The lowest BCUT2D eigenvalue weighted by atomic mass is 10.1. The van der Waals surface area contributed by atoms with Gasteiger partial charge in [-0.25, -0.2) is 8.78 Å². The van der Waals surface area contributed by atoms with Crippen molar-refractivity contribution in [2.45, 2.75) is 6.92 Å². The van der Waals surface area contributed by atoms with Gasteiger partial charge in [-0.15, -0.1) is 0 Å². The minimum atomic E-state index is -0.842. The van der Waals surface area contributed by atoms with E-state index < -0.39 is 23.0 Å². The minimum absolute atomic E-state index is 0.00586. The summed E-state index contributed by atoms with van der Waals surface area (Å²) in [5, 5.41) is 10.2. The number of rotatable bonds is 7. The number of carbonyl (C=O) groups is 1. The first-order valence-electron chi connectivity index (χ1n) is 10.7.